The van der Waals surface area contributed by atoms with Gasteiger partial charge in [-0.1, -0.05) is 0 Å². The molecule has 0 radical (unpaired) electrons. The van der Waals surface area contributed by atoms with Gasteiger partial charge in [-0.15, -0.1) is 11.8 Å². The van der Waals surface area contributed by atoms with Crippen LogP contribution in [0.4, 0.5) is 0 Å². The van der Waals surface area contributed by atoms with Crippen molar-refractivity contribution in [3.05, 3.63) is 0 Å². The molecule has 1 atom stereocenters. The van der Waals surface area contributed by atoms with Gasteiger partial charge in [0, 0.05) is 11.4 Å². The second-order valence-corrected chi connectivity index (χ2v) is 4.00. The fraction of sp³-hybridized carbons (Fsp3) is 0.833. The Bertz CT molecular complexity index is 158. The number of aliphatic carboxylic acids is 1. The number of nitrogens with one attached hydrogen (secondary N) is 1. The van der Waals surface area contributed by atoms with Crippen LogP contribution in [0.15, 0.2) is 0 Å². The fourth-order valence-corrected chi connectivity index (χ4v) is 2.23. The number of hydrogen-bond acceptors (Lipinski definition) is 4. The summed E-state index contributed by atoms with van der Waals surface area (Å²) < 4.78 is 0. The van der Waals surface area contributed by atoms with Gasteiger partial charge in [-0.3, -0.25) is 0 Å². The molecule has 0 aromatic heterocycles. The Kier molecular flexibility index (Phi) is 1.92. The Hall–Kier alpha value is -0.220. The van der Waals surface area contributed by atoms with E-state index in [0.29, 0.717) is 5.88 Å². The van der Waals surface area contributed by atoms with Crippen LogP contribution in [0.2, 0.25) is 0 Å². The van der Waals surface area contributed by atoms with Crippen LogP contribution in [0, 0.1) is 0 Å². The van der Waals surface area contributed by atoms with Gasteiger partial charge in [-0.05, 0) is 13.8 Å². The maximum absolute atomic E-state index is 10.4. The highest BCUT2D eigenvalue weighted by Gasteiger charge is 2.35. The molecule has 0 aliphatic carbocycles. The third-order valence-electron chi connectivity index (χ3n) is 1.65. The van der Waals surface area contributed by atoms with E-state index in [4.69, 9.17) is 0 Å². The molecule has 1 fully saturated rings. The topological polar surface area (TPSA) is 52.2 Å². The van der Waals surface area contributed by atoms with Crippen molar-refractivity contribution in [1.82, 2.24) is 5.32 Å². The number of carbonyl (C=O) groups is 1. The van der Waals surface area contributed by atoms with E-state index in [1.54, 1.807) is 0 Å². The van der Waals surface area contributed by atoms with Gasteiger partial charge >= 0.3 is 0 Å². The minimum Gasteiger partial charge on any atom is -0.549 e. The molecule has 58 valence electrons. The summed E-state index contributed by atoms with van der Waals surface area (Å²) in [5.41, 5.74) is -0.316. The molecule has 1 saturated heterocycles. The molecule has 1 rings (SSSR count). The molecule has 0 aromatic carbocycles. The van der Waals surface area contributed by atoms with Crippen LogP contribution in [-0.2, 0) is 4.79 Å². The summed E-state index contributed by atoms with van der Waals surface area (Å²) in [5.74, 6) is -0.272. The van der Waals surface area contributed by atoms with E-state index >= 15 is 0 Å². The van der Waals surface area contributed by atoms with Crippen LogP contribution >= 0.6 is 11.8 Å². The van der Waals surface area contributed by atoms with Gasteiger partial charge in [0.05, 0.1) is 11.2 Å². The van der Waals surface area contributed by atoms with Crippen molar-refractivity contribution in [2.24, 2.45) is 0 Å². The number of thioether (sulfide) groups is 1. The average molecular weight is 160 g/mol. The molecule has 10 heavy (non-hydrogen) atoms. The molecule has 0 spiro atoms. The predicted molar refractivity (Wildman–Crippen MR) is 38.5 cm³/mol. The van der Waals surface area contributed by atoms with Crippen molar-refractivity contribution in [3.8, 4) is 0 Å². The van der Waals surface area contributed by atoms with Crippen LogP contribution in [0.3, 0.4) is 0 Å². The lowest BCUT2D eigenvalue weighted by Gasteiger charge is -2.26. The van der Waals surface area contributed by atoms with E-state index < -0.39 is 11.2 Å². The molecule has 0 saturated carbocycles. The van der Waals surface area contributed by atoms with Crippen LogP contribution in [-0.4, -0.2) is 22.6 Å². The maximum Gasteiger partial charge on any atom is 0.0632 e. The lowest BCUT2D eigenvalue weighted by atomic mass is 10.0. The van der Waals surface area contributed by atoms with E-state index in [9.17, 15) is 9.90 Å². The Morgan fingerprint density at radius 2 is 2.40 bits per heavy atom. The third kappa shape index (κ3) is 1.27. The summed E-state index contributed by atoms with van der Waals surface area (Å²) in [4.78, 5) is 10.4. The van der Waals surface area contributed by atoms with Crippen LogP contribution in [0.5, 0.6) is 0 Å². The molecular weight excluding hydrogens is 150 g/mol. The van der Waals surface area contributed by atoms with Gasteiger partial charge in [0.25, 0.3) is 0 Å². The van der Waals surface area contributed by atoms with Gasteiger partial charge in [0.1, 0.15) is 0 Å². The van der Waals surface area contributed by atoms with E-state index in [1.807, 2.05) is 13.8 Å². The highest BCUT2D eigenvalue weighted by atomic mass is 32.2. The highest BCUT2D eigenvalue weighted by Crippen LogP contribution is 2.28. The van der Waals surface area contributed by atoms with Crippen molar-refractivity contribution in [3.63, 3.8) is 0 Å². The highest BCUT2D eigenvalue weighted by molar-refractivity contribution is 8.00. The summed E-state index contributed by atoms with van der Waals surface area (Å²) in [7, 11) is 0. The average Bonchev–Trinajstić information content (AvgIpc) is 2.08. The zero-order chi connectivity index (χ0) is 7.78. The molecule has 1 unspecified atom stereocenters. The van der Waals surface area contributed by atoms with Gasteiger partial charge in [0.2, 0.25) is 0 Å². The van der Waals surface area contributed by atoms with Crippen molar-refractivity contribution < 1.29 is 9.90 Å². The molecule has 1 N–H and O–H groups in total. The lowest BCUT2D eigenvalue weighted by Crippen LogP contribution is -2.49. The van der Waals surface area contributed by atoms with Crippen molar-refractivity contribution in [1.29, 1.82) is 0 Å². The van der Waals surface area contributed by atoms with Crippen LogP contribution in [0.25, 0.3) is 0 Å². The van der Waals surface area contributed by atoms with Gasteiger partial charge < -0.3 is 15.2 Å². The first-order chi connectivity index (χ1) is 4.54. The Balaban J connectivity index is 2.68. The van der Waals surface area contributed by atoms with Crippen LogP contribution < -0.4 is 10.4 Å². The summed E-state index contributed by atoms with van der Waals surface area (Å²) in [6.07, 6.45) is 0. The summed E-state index contributed by atoms with van der Waals surface area (Å²) >= 11 is 1.38. The minimum atomic E-state index is -0.972. The summed E-state index contributed by atoms with van der Waals surface area (Å²) in [6.45, 7) is 3.74. The Morgan fingerprint density at radius 3 is 2.60 bits per heavy atom. The number of rotatable bonds is 1. The Morgan fingerprint density at radius 1 is 1.80 bits per heavy atom. The zero-order valence-corrected chi connectivity index (χ0v) is 6.83. The molecule has 4 heteroatoms. The molecule has 1 aliphatic heterocycles. The number of carboxylic acids is 1. The second kappa shape index (κ2) is 2.43. The minimum absolute atomic E-state index is 0.316. The van der Waals surface area contributed by atoms with E-state index in [2.05, 4.69) is 5.32 Å². The monoisotopic (exact) mass is 160 g/mol. The molecule has 3 nitrogen and oxygen atoms in total. The lowest BCUT2D eigenvalue weighted by molar-refractivity contribution is -0.305. The van der Waals surface area contributed by atoms with Gasteiger partial charge in [-0.2, -0.15) is 0 Å². The standard InChI is InChI=1S/C6H11NO2S/c1-6(2)4(5(8)9)10-3-7-6/h4,7H,3H2,1-2H3,(H,8,9)/p-1. The summed E-state index contributed by atoms with van der Waals surface area (Å²) in [6, 6.07) is 0. The Labute approximate surface area is 64.2 Å². The van der Waals surface area contributed by atoms with Crippen molar-refractivity contribution in [2.75, 3.05) is 5.88 Å². The molecule has 0 bridgehead atoms. The number of carbonyl (C=O) groups excluding carboxylic acids is 1. The van der Waals surface area contributed by atoms with E-state index in [-0.39, 0.29) is 5.54 Å². The zero-order valence-electron chi connectivity index (χ0n) is 6.01. The number of hydrogen-bond donors (Lipinski definition) is 1. The first-order valence-corrected chi connectivity index (χ1v) is 4.16. The number of carboxylic acid groups (broad SMARTS) is 1. The molecule has 0 aromatic rings. The molecule has 1 heterocycles. The first kappa shape index (κ1) is 7.88. The van der Waals surface area contributed by atoms with Crippen LogP contribution in [0.1, 0.15) is 13.8 Å². The normalized spacial score (nSPS) is 30.4. The fourth-order valence-electron chi connectivity index (χ4n) is 0.975. The predicted octanol–water partition coefficient (Wildman–Crippen LogP) is -0.823. The van der Waals surface area contributed by atoms with Crippen molar-refractivity contribution >= 4 is 17.7 Å². The van der Waals surface area contributed by atoms with Gasteiger partial charge in [-0.25, -0.2) is 0 Å². The molecule has 1 aliphatic rings. The second-order valence-electron chi connectivity index (χ2n) is 2.91. The maximum atomic E-state index is 10.4. The van der Waals surface area contributed by atoms with Gasteiger partial charge in [0.15, 0.2) is 0 Å². The smallest absolute Gasteiger partial charge is 0.0632 e. The summed E-state index contributed by atoms with van der Waals surface area (Å²) in [5, 5.41) is 13.1. The first-order valence-electron chi connectivity index (χ1n) is 3.11. The van der Waals surface area contributed by atoms with Crippen molar-refractivity contribution in [2.45, 2.75) is 24.6 Å². The third-order valence-corrected chi connectivity index (χ3v) is 3.07. The largest absolute Gasteiger partial charge is 0.549 e. The molecule has 0 amide bonds. The van der Waals surface area contributed by atoms with E-state index in [1.165, 1.54) is 11.8 Å². The van der Waals surface area contributed by atoms with E-state index in [0.717, 1.165) is 0 Å². The SMILES string of the molecule is CC1(C)NCSC1C(=O)[O-]. The molecular formula is C6H10NO2S-. The quantitative estimate of drug-likeness (QED) is 0.544.